The molecule has 1 unspecified atom stereocenters. The van der Waals surface area contributed by atoms with Crippen LogP contribution in [0.5, 0.6) is 0 Å². The Morgan fingerprint density at radius 1 is 1.33 bits per heavy atom. The molecule has 0 aliphatic carbocycles. The maximum absolute atomic E-state index is 12.0. The van der Waals surface area contributed by atoms with E-state index in [0.29, 0.717) is 22.2 Å². The molecule has 2 nitrogen and oxygen atoms in total. The van der Waals surface area contributed by atoms with Gasteiger partial charge in [0, 0.05) is 22.2 Å². The van der Waals surface area contributed by atoms with E-state index in [1.165, 1.54) is 0 Å². The van der Waals surface area contributed by atoms with Gasteiger partial charge < -0.3 is 5.73 Å². The van der Waals surface area contributed by atoms with Gasteiger partial charge in [-0.15, -0.1) is 0 Å². The van der Waals surface area contributed by atoms with Crippen molar-refractivity contribution in [3.63, 3.8) is 0 Å². The fourth-order valence-corrected chi connectivity index (χ4v) is 1.49. The molecule has 1 aromatic carbocycles. The number of nitrogens with two attached hydrogens (primary N) is 1. The van der Waals surface area contributed by atoms with Crippen molar-refractivity contribution in [1.82, 2.24) is 0 Å². The lowest BCUT2D eigenvalue weighted by molar-refractivity contribution is 0.0900. The van der Waals surface area contributed by atoms with E-state index in [4.69, 9.17) is 17.3 Å². The Kier molecular flexibility index (Phi) is 3.75. The molecule has 0 saturated carbocycles. The number of anilines is 1. The van der Waals surface area contributed by atoms with E-state index in [9.17, 15) is 4.79 Å². The molecule has 1 aromatic rings. The Morgan fingerprint density at radius 3 is 2.40 bits per heavy atom. The number of carbonyl (C=O) groups is 1. The quantitative estimate of drug-likeness (QED) is 0.633. The van der Waals surface area contributed by atoms with Crippen LogP contribution in [0.3, 0.4) is 0 Å². The van der Waals surface area contributed by atoms with Gasteiger partial charge >= 0.3 is 0 Å². The minimum atomic E-state index is -0.0199. The molecule has 0 radical (unpaired) electrons. The van der Waals surface area contributed by atoms with E-state index in [2.05, 4.69) is 0 Å². The first-order chi connectivity index (χ1) is 6.93. The molecule has 0 saturated heterocycles. The highest BCUT2D eigenvalue weighted by atomic mass is 35.5. The first kappa shape index (κ1) is 12.1. The van der Waals surface area contributed by atoms with Crippen LogP contribution < -0.4 is 5.73 Å². The topological polar surface area (TPSA) is 43.1 Å². The van der Waals surface area contributed by atoms with E-state index >= 15 is 0 Å². The summed E-state index contributed by atoms with van der Waals surface area (Å²) in [5.41, 5.74) is 6.78. The minimum absolute atomic E-state index is 0.0199. The molecule has 0 aliphatic heterocycles. The van der Waals surface area contributed by atoms with Crippen LogP contribution in [0.2, 0.25) is 5.02 Å². The molecular weight excluding hydrogens is 210 g/mol. The molecule has 1 rings (SSSR count). The fraction of sp³-hybridized carbons (Fsp3) is 0.417. The second kappa shape index (κ2) is 4.67. The third-order valence-electron chi connectivity index (χ3n) is 2.69. The molecule has 2 N–H and O–H groups in total. The van der Waals surface area contributed by atoms with Gasteiger partial charge in [0.25, 0.3) is 0 Å². The van der Waals surface area contributed by atoms with Gasteiger partial charge in [0.05, 0.1) is 0 Å². The van der Waals surface area contributed by atoms with E-state index < -0.39 is 0 Å². The van der Waals surface area contributed by atoms with Crippen LogP contribution in [0.4, 0.5) is 5.69 Å². The first-order valence-corrected chi connectivity index (χ1v) is 5.40. The zero-order valence-electron chi connectivity index (χ0n) is 9.25. The lowest BCUT2D eigenvalue weighted by Gasteiger charge is -2.15. The highest BCUT2D eigenvalue weighted by Crippen LogP contribution is 2.23. The second-order valence-electron chi connectivity index (χ2n) is 4.13. The largest absolute Gasteiger partial charge is 0.398 e. The predicted octanol–water partition coefficient (Wildman–Crippen LogP) is 3.40. The molecule has 0 aliphatic rings. The van der Waals surface area contributed by atoms with E-state index in [0.717, 1.165) is 0 Å². The zero-order valence-corrected chi connectivity index (χ0v) is 10.0. The SMILES string of the molecule is CC(C)C(C)C(=O)c1ccc(Cl)cc1N. The normalized spacial score (nSPS) is 12.9. The smallest absolute Gasteiger partial charge is 0.167 e. The molecule has 1 atom stereocenters. The maximum atomic E-state index is 12.0. The van der Waals surface area contributed by atoms with Gasteiger partial charge in [-0.1, -0.05) is 32.4 Å². The van der Waals surface area contributed by atoms with Crippen LogP contribution >= 0.6 is 11.6 Å². The fourth-order valence-electron chi connectivity index (χ4n) is 1.31. The Balaban J connectivity index is 3.01. The number of hydrogen-bond donors (Lipinski definition) is 1. The second-order valence-corrected chi connectivity index (χ2v) is 4.56. The van der Waals surface area contributed by atoms with Crippen molar-refractivity contribution in [3.8, 4) is 0 Å². The summed E-state index contributed by atoms with van der Waals surface area (Å²) >= 11 is 5.77. The van der Waals surface area contributed by atoms with Crippen LogP contribution in [0.15, 0.2) is 18.2 Å². The lowest BCUT2D eigenvalue weighted by atomic mass is 9.89. The third kappa shape index (κ3) is 2.72. The predicted molar refractivity (Wildman–Crippen MR) is 64.2 cm³/mol. The highest BCUT2D eigenvalue weighted by molar-refractivity contribution is 6.31. The van der Waals surface area contributed by atoms with Crippen molar-refractivity contribution >= 4 is 23.1 Å². The van der Waals surface area contributed by atoms with Crippen molar-refractivity contribution in [1.29, 1.82) is 0 Å². The molecule has 3 heteroatoms. The standard InChI is InChI=1S/C12H16ClNO/c1-7(2)8(3)12(15)10-5-4-9(13)6-11(10)14/h4-8H,14H2,1-3H3. The van der Waals surface area contributed by atoms with Gasteiger partial charge in [-0.2, -0.15) is 0 Å². The van der Waals surface area contributed by atoms with Gasteiger partial charge in [-0.3, -0.25) is 4.79 Å². The highest BCUT2D eigenvalue weighted by Gasteiger charge is 2.20. The van der Waals surface area contributed by atoms with E-state index in [-0.39, 0.29) is 11.7 Å². The van der Waals surface area contributed by atoms with Crippen LogP contribution in [-0.4, -0.2) is 5.78 Å². The number of benzene rings is 1. The van der Waals surface area contributed by atoms with Gasteiger partial charge in [0.1, 0.15) is 0 Å². The summed E-state index contributed by atoms with van der Waals surface area (Å²) in [7, 11) is 0. The number of carbonyl (C=O) groups excluding carboxylic acids is 1. The van der Waals surface area contributed by atoms with Crippen LogP contribution in [0, 0.1) is 11.8 Å². The molecule has 0 aromatic heterocycles. The summed E-state index contributed by atoms with van der Waals surface area (Å²) in [5.74, 6) is 0.375. The van der Waals surface area contributed by atoms with Gasteiger partial charge in [-0.25, -0.2) is 0 Å². The van der Waals surface area contributed by atoms with Gasteiger partial charge in [0.15, 0.2) is 5.78 Å². The Morgan fingerprint density at radius 2 is 1.93 bits per heavy atom. The minimum Gasteiger partial charge on any atom is -0.398 e. The summed E-state index contributed by atoms with van der Waals surface area (Å²) in [6, 6.07) is 5.00. The maximum Gasteiger partial charge on any atom is 0.167 e. The first-order valence-electron chi connectivity index (χ1n) is 5.02. The van der Waals surface area contributed by atoms with E-state index in [1.54, 1.807) is 18.2 Å². The van der Waals surface area contributed by atoms with Crippen molar-refractivity contribution in [3.05, 3.63) is 28.8 Å². The summed E-state index contributed by atoms with van der Waals surface area (Å²) in [6.45, 7) is 5.96. The summed E-state index contributed by atoms with van der Waals surface area (Å²) in [5, 5.41) is 0.557. The summed E-state index contributed by atoms with van der Waals surface area (Å²) in [4.78, 5) is 12.0. The number of hydrogen-bond acceptors (Lipinski definition) is 2. The Hall–Kier alpha value is -1.02. The third-order valence-corrected chi connectivity index (χ3v) is 2.93. The van der Waals surface area contributed by atoms with Crippen molar-refractivity contribution in [2.24, 2.45) is 11.8 Å². The van der Waals surface area contributed by atoms with Crippen molar-refractivity contribution < 1.29 is 4.79 Å². The average Bonchev–Trinajstić information content (AvgIpc) is 2.15. The lowest BCUT2D eigenvalue weighted by Crippen LogP contribution is -2.18. The summed E-state index contributed by atoms with van der Waals surface area (Å²) in [6.07, 6.45) is 0. The number of nitrogen functional groups attached to an aromatic ring is 1. The molecule has 15 heavy (non-hydrogen) atoms. The van der Waals surface area contributed by atoms with Crippen LogP contribution in [0.1, 0.15) is 31.1 Å². The van der Waals surface area contributed by atoms with E-state index in [1.807, 2.05) is 20.8 Å². The Bertz CT molecular complexity index is 374. The molecule has 0 bridgehead atoms. The molecule has 0 spiro atoms. The molecule has 0 amide bonds. The monoisotopic (exact) mass is 225 g/mol. The summed E-state index contributed by atoms with van der Waals surface area (Å²) < 4.78 is 0. The molecule has 0 heterocycles. The zero-order chi connectivity index (χ0) is 11.6. The molecule has 82 valence electrons. The number of halogens is 1. The van der Waals surface area contributed by atoms with Crippen LogP contribution in [0.25, 0.3) is 0 Å². The number of Topliss-reactive ketones (excluding diaryl/α,β-unsaturated/α-hetero) is 1. The van der Waals surface area contributed by atoms with Crippen LogP contribution in [-0.2, 0) is 0 Å². The van der Waals surface area contributed by atoms with Crippen molar-refractivity contribution in [2.75, 3.05) is 5.73 Å². The molecule has 0 fully saturated rings. The average molecular weight is 226 g/mol. The number of ketones is 1. The van der Waals surface area contributed by atoms with Crippen molar-refractivity contribution in [2.45, 2.75) is 20.8 Å². The van der Waals surface area contributed by atoms with Gasteiger partial charge in [0.2, 0.25) is 0 Å². The number of rotatable bonds is 3. The van der Waals surface area contributed by atoms with Gasteiger partial charge in [-0.05, 0) is 24.1 Å². The molecular formula is C12H16ClNO. The Labute approximate surface area is 95.4 Å².